The number of ketones is 1. The predicted octanol–water partition coefficient (Wildman–Crippen LogP) is 3.19. The number of nitrogens with zero attached hydrogens (tertiary/aromatic N) is 2. The van der Waals surface area contributed by atoms with Crippen LogP contribution in [0.5, 0.6) is 0 Å². The fourth-order valence-electron chi connectivity index (χ4n) is 1.99. The van der Waals surface area contributed by atoms with Crippen LogP contribution in [-0.2, 0) is 17.8 Å². The molecule has 5 nitrogen and oxygen atoms in total. The first kappa shape index (κ1) is 14.8. The summed E-state index contributed by atoms with van der Waals surface area (Å²) in [5.41, 5.74) is 1.40. The Morgan fingerprint density at radius 2 is 2.00 bits per heavy atom. The summed E-state index contributed by atoms with van der Waals surface area (Å²) < 4.78 is 5.32. The largest absolute Gasteiger partial charge is 0.444 e. The molecule has 2 rings (SSSR count). The Morgan fingerprint density at radius 1 is 1.35 bits per heavy atom. The molecule has 1 aromatic rings. The average Bonchev–Trinajstić information content (AvgIpc) is 2.68. The minimum absolute atomic E-state index is 0.138. The molecule has 0 fully saturated rings. The molecule has 0 saturated carbocycles. The lowest BCUT2D eigenvalue weighted by Crippen LogP contribution is -2.33. The van der Waals surface area contributed by atoms with Gasteiger partial charge >= 0.3 is 6.09 Å². The van der Waals surface area contributed by atoms with Crippen LogP contribution >= 0.6 is 11.6 Å². The number of carbonyl (C=O) groups is 2. The molecule has 20 heavy (non-hydrogen) atoms. The molecule has 0 aliphatic carbocycles. The van der Waals surface area contributed by atoms with E-state index in [1.165, 1.54) is 6.92 Å². The van der Waals surface area contributed by atoms with Crippen LogP contribution in [0.15, 0.2) is 6.07 Å². The lowest BCUT2D eigenvalue weighted by atomic mass is 10.1. The number of aromatic nitrogens is 1. The lowest BCUT2D eigenvalue weighted by molar-refractivity contribution is 0.0240. The number of Topliss-reactive ketones (excluding diaryl/α,β-unsaturated/α-hetero) is 1. The van der Waals surface area contributed by atoms with E-state index in [1.54, 1.807) is 11.0 Å². The molecule has 1 aromatic heterocycles. The van der Waals surface area contributed by atoms with Gasteiger partial charge < -0.3 is 4.74 Å². The quantitative estimate of drug-likeness (QED) is 0.590. The highest BCUT2D eigenvalue weighted by molar-refractivity contribution is 6.32. The summed E-state index contributed by atoms with van der Waals surface area (Å²) >= 11 is 5.97. The maximum Gasteiger partial charge on any atom is 0.410 e. The second-order valence-electron chi connectivity index (χ2n) is 5.83. The number of hydrogen-bond acceptors (Lipinski definition) is 4. The Labute approximate surface area is 122 Å². The van der Waals surface area contributed by atoms with Crippen molar-refractivity contribution < 1.29 is 14.3 Å². The van der Waals surface area contributed by atoms with Crippen molar-refractivity contribution in [3.05, 3.63) is 28.0 Å². The maximum absolute atomic E-state index is 12.0. The highest BCUT2D eigenvalue weighted by atomic mass is 35.5. The summed E-state index contributed by atoms with van der Waals surface area (Å²) in [6, 6.07) is 1.71. The van der Waals surface area contributed by atoms with E-state index in [2.05, 4.69) is 4.98 Å². The smallest absolute Gasteiger partial charge is 0.410 e. The van der Waals surface area contributed by atoms with E-state index in [0.717, 1.165) is 5.56 Å². The van der Waals surface area contributed by atoms with Crippen molar-refractivity contribution in [1.82, 2.24) is 9.88 Å². The molecule has 0 radical (unpaired) electrons. The minimum Gasteiger partial charge on any atom is -0.444 e. The molecule has 0 N–H and O–H groups in total. The SMILES string of the molecule is CC(=O)c1cc2c(nc1Cl)CN(C(=O)OC(C)(C)C)C2. The highest BCUT2D eigenvalue weighted by Crippen LogP contribution is 2.27. The van der Waals surface area contributed by atoms with Gasteiger partial charge in [0.05, 0.1) is 24.3 Å². The summed E-state index contributed by atoms with van der Waals surface area (Å²) in [6.07, 6.45) is -0.393. The van der Waals surface area contributed by atoms with Crippen molar-refractivity contribution in [1.29, 1.82) is 0 Å². The summed E-state index contributed by atoms with van der Waals surface area (Å²) in [4.78, 5) is 29.2. The Kier molecular flexibility index (Phi) is 3.73. The topological polar surface area (TPSA) is 59.5 Å². The summed E-state index contributed by atoms with van der Waals surface area (Å²) in [7, 11) is 0. The lowest BCUT2D eigenvalue weighted by Gasteiger charge is -2.23. The molecule has 1 amide bonds. The number of fused-ring (bicyclic) bond motifs is 1. The van der Waals surface area contributed by atoms with Crippen LogP contribution in [0.1, 0.15) is 49.3 Å². The van der Waals surface area contributed by atoms with Gasteiger partial charge in [-0.25, -0.2) is 9.78 Å². The van der Waals surface area contributed by atoms with Gasteiger partial charge in [0.1, 0.15) is 10.8 Å². The molecule has 2 heterocycles. The normalized spacial score (nSPS) is 14.2. The van der Waals surface area contributed by atoms with E-state index in [-0.39, 0.29) is 10.9 Å². The highest BCUT2D eigenvalue weighted by Gasteiger charge is 2.29. The number of pyridine rings is 1. The van der Waals surface area contributed by atoms with E-state index in [1.807, 2.05) is 20.8 Å². The molecule has 6 heteroatoms. The van der Waals surface area contributed by atoms with Crippen molar-refractivity contribution in [2.24, 2.45) is 0 Å². The van der Waals surface area contributed by atoms with E-state index >= 15 is 0 Å². The number of hydrogen-bond donors (Lipinski definition) is 0. The zero-order chi connectivity index (χ0) is 15.1. The van der Waals surface area contributed by atoms with Crippen LogP contribution in [-0.4, -0.2) is 27.4 Å². The average molecular weight is 297 g/mol. The third kappa shape index (κ3) is 3.10. The van der Waals surface area contributed by atoms with Crippen molar-refractivity contribution in [2.45, 2.75) is 46.4 Å². The summed E-state index contributed by atoms with van der Waals surface area (Å²) in [5, 5.41) is 0.183. The number of ether oxygens (including phenoxy) is 1. The van der Waals surface area contributed by atoms with Gasteiger partial charge in [-0.15, -0.1) is 0 Å². The summed E-state index contributed by atoms with van der Waals surface area (Å²) in [6.45, 7) is 7.62. The third-order valence-corrected chi connectivity index (χ3v) is 3.17. The second kappa shape index (κ2) is 5.05. The molecular weight excluding hydrogens is 280 g/mol. The monoisotopic (exact) mass is 296 g/mol. The molecule has 0 atom stereocenters. The van der Waals surface area contributed by atoms with E-state index in [0.29, 0.717) is 24.3 Å². The van der Waals surface area contributed by atoms with Gasteiger partial charge in [0, 0.05) is 0 Å². The van der Waals surface area contributed by atoms with Gasteiger partial charge in [0.25, 0.3) is 0 Å². The molecule has 1 aliphatic heterocycles. The van der Waals surface area contributed by atoms with Crippen molar-refractivity contribution in [3.8, 4) is 0 Å². The van der Waals surface area contributed by atoms with Crippen LogP contribution in [0.2, 0.25) is 5.15 Å². The molecule has 0 aromatic carbocycles. The maximum atomic E-state index is 12.0. The van der Waals surface area contributed by atoms with Gasteiger partial charge in [-0.3, -0.25) is 9.69 Å². The third-order valence-electron chi connectivity index (χ3n) is 2.88. The standard InChI is InChI=1S/C14H17ClN2O3/c1-8(18)10-5-9-6-17(7-11(9)16-12(10)15)13(19)20-14(2,3)4/h5H,6-7H2,1-4H3. The predicted molar refractivity (Wildman–Crippen MR) is 74.7 cm³/mol. The van der Waals surface area contributed by atoms with Crippen molar-refractivity contribution >= 4 is 23.5 Å². The van der Waals surface area contributed by atoms with Gasteiger partial charge in [0.2, 0.25) is 0 Å². The zero-order valence-electron chi connectivity index (χ0n) is 12.0. The van der Waals surface area contributed by atoms with Crippen LogP contribution in [0, 0.1) is 0 Å². The number of amides is 1. The van der Waals surface area contributed by atoms with Crippen molar-refractivity contribution in [2.75, 3.05) is 0 Å². The first-order valence-electron chi connectivity index (χ1n) is 6.34. The summed E-state index contributed by atoms with van der Waals surface area (Å²) in [5.74, 6) is -0.138. The Balaban J connectivity index is 2.19. The molecule has 0 bridgehead atoms. The van der Waals surface area contributed by atoms with Crippen LogP contribution in [0.3, 0.4) is 0 Å². The van der Waals surface area contributed by atoms with E-state index in [9.17, 15) is 9.59 Å². The molecule has 0 unspecified atom stereocenters. The van der Waals surface area contributed by atoms with Crippen LogP contribution in [0.25, 0.3) is 0 Å². The Bertz CT molecular complexity index is 579. The van der Waals surface area contributed by atoms with E-state index < -0.39 is 11.7 Å². The van der Waals surface area contributed by atoms with Crippen LogP contribution in [0.4, 0.5) is 4.79 Å². The van der Waals surface area contributed by atoms with Gasteiger partial charge in [-0.2, -0.15) is 0 Å². The molecule has 0 saturated heterocycles. The minimum atomic E-state index is -0.540. The first-order chi connectivity index (χ1) is 9.17. The van der Waals surface area contributed by atoms with E-state index in [4.69, 9.17) is 16.3 Å². The molecule has 1 aliphatic rings. The molecule has 108 valence electrons. The van der Waals surface area contributed by atoms with Gasteiger partial charge in [-0.1, -0.05) is 11.6 Å². The fourth-order valence-corrected chi connectivity index (χ4v) is 2.28. The van der Waals surface area contributed by atoms with Gasteiger partial charge in [0.15, 0.2) is 5.78 Å². The van der Waals surface area contributed by atoms with Gasteiger partial charge in [-0.05, 0) is 39.3 Å². The number of rotatable bonds is 1. The fraction of sp³-hybridized carbons (Fsp3) is 0.500. The molecule has 0 spiro atoms. The molecular formula is C14H17ClN2O3. The zero-order valence-corrected chi connectivity index (χ0v) is 12.7. The first-order valence-corrected chi connectivity index (χ1v) is 6.72. The number of halogens is 1. The Hall–Kier alpha value is -1.62. The Morgan fingerprint density at radius 3 is 2.55 bits per heavy atom. The second-order valence-corrected chi connectivity index (χ2v) is 6.18. The number of carbonyl (C=O) groups excluding carboxylic acids is 2. The van der Waals surface area contributed by atoms with Crippen molar-refractivity contribution in [3.63, 3.8) is 0 Å². The van der Waals surface area contributed by atoms with Crippen LogP contribution < -0.4 is 0 Å².